The number of nitrogens with one attached hydrogen (secondary N) is 1. The Kier molecular flexibility index (Phi) is 5.94. The monoisotopic (exact) mass is 342 g/mol. The number of benzene rings is 2. The predicted octanol–water partition coefficient (Wildman–Crippen LogP) is 2.73. The molecule has 24 heavy (non-hydrogen) atoms. The molecule has 6 heteroatoms. The summed E-state index contributed by atoms with van der Waals surface area (Å²) in [6.45, 7) is 0. The Morgan fingerprint density at radius 3 is 2.54 bits per heavy atom. The molecule has 0 radical (unpaired) electrons. The maximum atomic E-state index is 12.4. The molecule has 0 fully saturated rings. The first-order valence-electron chi connectivity index (χ1n) is 7.18. The first-order chi connectivity index (χ1) is 11.6. The van der Waals surface area contributed by atoms with Crippen LogP contribution >= 0.6 is 11.6 Å². The van der Waals surface area contributed by atoms with Gasteiger partial charge in [-0.1, -0.05) is 41.9 Å². The van der Waals surface area contributed by atoms with Crippen LogP contribution in [0.1, 0.15) is 21.5 Å². The van der Waals surface area contributed by atoms with Crippen LogP contribution in [-0.2, 0) is 16.0 Å². The Labute approximate surface area is 144 Å². The summed E-state index contributed by atoms with van der Waals surface area (Å²) >= 11 is 6.00. The first kappa shape index (κ1) is 17.5. The van der Waals surface area contributed by atoms with Crippen LogP contribution in [0.25, 0.3) is 0 Å². The smallest absolute Gasteiger partial charge is 0.328 e. The summed E-state index contributed by atoms with van der Waals surface area (Å²) in [4.78, 5) is 24.4. The van der Waals surface area contributed by atoms with Crippen molar-refractivity contribution in [2.45, 2.75) is 12.5 Å². The molecule has 0 aromatic heterocycles. The molecule has 0 saturated heterocycles. The number of rotatable bonds is 5. The van der Waals surface area contributed by atoms with Crippen LogP contribution in [0, 0.1) is 11.3 Å². The molecule has 0 unspecified atom stereocenters. The van der Waals surface area contributed by atoms with E-state index >= 15 is 0 Å². The van der Waals surface area contributed by atoms with Crippen molar-refractivity contribution < 1.29 is 14.3 Å². The van der Waals surface area contributed by atoms with Gasteiger partial charge in [0.25, 0.3) is 5.91 Å². The molecule has 0 bridgehead atoms. The number of carbonyl (C=O) groups excluding carboxylic acids is 2. The van der Waals surface area contributed by atoms with Crippen molar-refractivity contribution in [2.24, 2.45) is 0 Å². The summed E-state index contributed by atoms with van der Waals surface area (Å²) in [7, 11) is 1.24. The fourth-order valence-electron chi connectivity index (χ4n) is 2.24. The second-order valence-electron chi connectivity index (χ2n) is 5.00. The second kappa shape index (κ2) is 8.14. The van der Waals surface area contributed by atoms with Gasteiger partial charge in [-0.05, 0) is 23.8 Å². The average molecular weight is 343 g/mol. The van der Waals surface area contributed by atoms with Gasteiger partial charge >= 0.3 is 5.97 Å². The van der Waals surface area contributed by atoms with E-state index in [1.165, 1.54) is 7.11 Å². The van der Waals surface area contributed by atoms with Crippen molar-refractivity contribution in [1.82, 2.24) is 5.32 Å². The van der Waals surface area contributed by atoms with Gasteiger partial charge < -0.3 is 10.1 Å². The molecule has 0 spiro atoms. The van der Waals surface area contributed by atoms with Crippen molar-refractivity contribution in [3.05, 3.63) is 70.2 Å². The van der Waals surface area contributed by atoms with E-state index in [1.807, 2.05) is 0 Å². The van der Waals surface area contributed by atoms with Crippen LogP contribution in [0.15, 0.2) is 48.5 Å². The molecule has 122 valence electrons. The molecule has 0 heterocycles. The fraction of sp³-hybridized carbons (Fsp3) is 0.167. The molecular weight excluding hydrogens is 328 g/mol. The second-order valence-corrected chi connectivity index (χ2v) is 5.41. The molecule has 2 aromatic carbocycles. The highest BCUT2D eigenvalue weighted by atomic mass is 35.5. The highest BCUT2D eigenvalue weighted by molar-refractivity contribution is 6.33. The van der Waals surface area contributed by atoms with Crippen molar-refractivity contribution in [1.29, 1.82) is 5.26 Å². The lowest BCUT2D eigenvalue weighted by molar-refractivity contribution is -0.142. The lowest BCUT2D eigenvalue weighted by Gasteiger charge is -2.17. The van der Waals surface area contributed by atoms with E-state index in [4.69, 9.17) is 21.6 Å². The van der Waals surface area contributed by atoms with Gasteiger partial charge in [0.2, 0.25) is 0 Å². The van der Waals surface area contributed by atoms with Crippen molar-refractivity contribution in [3.63, 3.8) is 0 Å². The van der Waals surface area contributed by atoms with E-state index in [0.717, 1.165) is 0 Å². The van der Waals surface area contributed by atoms with Crippen LogP contribution in [0.3, 0.4) is 0 Å². The maximum absolute atomic E-state index is 12.4. The molecule has 0 aliphatic carbocycles. The van der Waals surface area contributed by atoms with Crippen molar-refractivity contribution in [3.8, 4) is 6.07 Å². The maximum Gasteiger partial charge on any atom is 0.328 e. The molecule has 1 amide bonds. The number of esters is 1. The summed E-state index contributed by atoms with van der Waals surface area (Å²) in [6.07, 6.45) is 0.145. The number of halogens is 1. The zero-order chi connectivity index (χ0) is 17.5. The third kappa shape index (κ3) is 4.12. The number of nitriles is 1. The quantitative estimate of drug-likeness (QED) is 0.847. The van der Waals surface area contributed by atoms with Gasteiger partial charge in [0, 0.05) is 6.42 Å². The standard InChI is InChI=1S/C18H15ClN2O3/c1-24-18(23)16(10-12-6-2-3-7-13(12)11-20)21-17(22)14-8-4-5-9-15(14)19/h2-9,16H,10H2,1H3,(H,21,22)/t16-/m1/s1. The number of methoxy groups -OCH3 is 1. The van der Waals surface area contributed by atoms with E-state index in [1.54, 1.807) is 48.5 Å². The number of carbonyl (C=O) groups is 2. The molecule has 2 aromatic rings. The third-order valence-electron chi connectivity index (χ3n) is 3.47. The summed E-state index contributed by atoms with van der Waals surface area (Å²) in [6, 6.07) is 14.6. The van der Waals surface area contributed by atoms with Gasteiger partial charge in [0.15, 0.2) is 0 Å². The minimum atomic E-state index is -0.923. The van der Waals surface area contributed by atoms with Crippen LogP contribution in [0.5, 0.6) is 0 Å². The zero-order valence-corrected chi connectivity index (χ0v) is 13.7. The van der Waals surface area contributed by atoms with Gasteiger partial charge in [0.05, 0.1) is 29.3 Å². The number of hydrogen-bond acceptors (Lipinski definition) is 4. The molecule has 2 rings (SSSR count). The third-order valence-corrected chi connectivity index (χ3v) is 3.80. The Morgan fingerprint density at radius 1 is 1.21 bits per heavy atom. The van der Waals surface area contributed by atoms with Gasteiger partial charge in [-0.2, -0.15) is 5.26 Å². The Hall–Kier alpha value is -2.84. The van der Waals surface area contributed by atoms with Gasteiger partial charge in [-0.3, -0.25) is 4.79 Å². The highest BCUT2D eigenvalue weighted by Crippen LogP contribution is 2.16. The van der Waals surface area contributed by atoms with Crippen molar-refractivity contribution >= 4 is 23.5 Å². The van der Waals surface area contributed by atoms with E-state index in [-0.39, 0.29) is 17.0 Å². The largest absolute Gasteiger partial charge is 0.467 e. The number of amides is 1. The summed E-state index contributed by atoms with van der Waals surface area (Å²) in [5.74, 6) is -1.08. The van der Waals surface area contributed by atoms with E-state index in [2.05, 4.69) is 11.4 Å². The summed E-state index contributed by atoms with van der Waals surface area (Å²) < 4.78 is 4.76. The molecular formula is C18H15ClN2O3. The van der Waals surface area contributed by atoms with Gasteiger partial charge in [-0.25, -0.2) is 4.79 Å². The number of ether oxygens (including phenoxy) is 1. The molecule has 0 aliphatic rings. The predicted molar refractivity (Wildman–Crippen MR) is 89.6 cm³/mol. The number of nitrogens with zero attached hydrogens (tertiary/aromatic N) is 1. The highest BCUT2D eigenvalue weighted by Gasteiger charge is 2.24. The zero-order valence-electron chi connectivity index (χ0n) is 13.0. The minimum Gasteiger partial charge on any atom is -0.467 e. The van der Waals surface area contributed by atoms with E-state index < -0.39 is 17.9 Å². The molecule has 0 saturated carbocycles. The number of hydrogen-bond donors (Lipinski definition) is 1. The van der Waals surface area contributed by atoms with Crippen LogP contribution in [-0.4, -0.2) is 25.0 Å². The Balaban J connectivity index is 2.24. The topological polar surface area (TPSA) is 79.2 Å². The Morgan fingerprint density at radius 2 is 1.88 bits per heavy atom. The van der Waals surface area contributed by atoms with E-state index in [0.29, 0.717) is 11.1 Å². The molecule has 5 nitrogen and oxygen atoms in total. The molecule has 0 aliphatic heterocycles. The van der Waals surface area contributed by atoms with Crippen LogP contribution < -0.4 is 5.32 Å². The average Bonchev–Trinajstić information content (AvgIpc) is 2.61. The fourth-order valence-corrected chi connectivity index (χ4v) is 2.47. The van der Waals surface area contributed by atoms with E-state index in [9.17, 15) is 9.59 Å². The lowest BCUT2D eigenvalue weighted by atomic mass is 10.0. The SMILES string of the molecule is COC(=O)[C@@H](Cc1ccccc1C#N)NC(=O)c1ccccc1Cl. The lowest BCUT2D eigenvalue weighted by Crippen LogP contribution is -2.43. The summed E-state index contributed by atoms with van der Waals surface area (Å²) in [5, 5.41) is 12.1. The Bertz CT molecular complexity index is 799. The normalized spacial score (nSPS) is 11.2. The minimum absolute atomic E-state index is 0.145. The van der Waals surface area contributed by atoms with Crippen LogP contribution in [0.4, 0.5) is 0 Å². The molecule has 1 atom stereocenters. The van der Waals surface area contributed by atoms with Crippen molar-refractivity contribution in [2.75, 3.05) is 7.11 Å². The summed E-state index contributed by atoms with van der Waals surface area (Å²) in [5.41, 5.74) is 1.36. The van der Waals surface area contributed by atoms with Gasteiger partial charge in [-0.15, -0.1) is 0 Å². The molecule has 1 N–H and O–H groups in total. The van der Waals surface area contributed by atoms with Crippen LogP contribution in [0.2, 0.25) is 5.02 Å². The van der Waals surface area contributed by atoms with Gasteiger partial charge in [0.1, 0.15) is 6.04 Å². The first-order valence-corrected chi connectivity index (χ1v) is 7.56.